The first-order chi connectivity index (χ1) is 9.63. The van der Waals surface area contributed by atoms with Crippen molar-refractivity contribution in [3.63, 3.8) is 0 Å². The molecule has 1 unspecified atom stereocenters. The average molecular weight is 334 g/mol. The number of aromatic carboxylic acids is 1. The van der Waals surface area contributed by atoms with Gasteiger partial charge in [-0.3, -0.25) is 0 Å². The Labute approximate surface area is 124 Å². The Bertz CT molecular complexity index is 672. The van der Waals surface area contributed by atoms with Crippen LogP contribution in [0.2, 0.25) is 0 Å². The van der Waals surface area contributed by atoms with Gasteiger partial charge in [-0.05, 0) is 35.9 Å². The van der Waals surface area contributed by atoms with Gasteiger partial charge in [-0.1, -0.05) is 28.1 Å². The molecule has 5 heteroatoms. The zero-order chi connectivity index (χ0) is 14.1. The molecule has 102 valence electrons. The highest BCUT2D eigenvalue weighted by atomic mass is 79.9. The predicted octanol–water partition coefficient (Wildman–Crippen LogP) is 3.69. The molecule has 20 heavy (non-hydrogen) atoms. The van der Waals surface area contributed by atoms with Gasteiger partial charge in [-0.2, -0.15) is 0 Å². The maximum absolute atomic E-state index is 11.0. The Kier molecular flexibility index (Phi) is 3.36. The SMILES string of the molecule is O=C(O)c1ccc2c(c1)NC(c1cccc(Br)c1)CO2. The van der Waals surface area contributed by atoms with Crippen LogP contribution < -0.4 is 10.1 Å². The standard InChI is InChI=1S/C15H12BrNO3/c16-11-3-1-2-9(6-11)13-8-20-14-5-4-10(15(18)19)7-12(14)17-13/h1-7,13,17H,8H2,(H,18,19). The summed E-state index contributed by atoms with van der Waals surface area (Å²) in [5.74, 6) is -0.263. The molecule has 0 radical (unpaired) electrons. The molecule has 1 aliphatic heterocycles. The fraction of sp³-hybridized carbons (Fsp3) is 0.133. The number of hydrogen-bond donors (Lipinski definition) is 2. The second-order valence-corrected chi connectivity index (χ2v) is 5.49. The van der Waals surface area contributed by atoms with Crippen LogP contribution in [0.4, 0.5) is 5.69 Å². The third-order valence-electron chi connectivity index (χ3n) is 3.21. The molecule has 0 saturated carbocycles. The van der Waals surface area contributed by atoms with Gasteiger partial charge in [-0.15, -0.1) is 0 Å². The van der Waals surface area contributed by atoms with Crippen molar-refractivity contribution >= 4 is 27.6 Å². The van der Waals surface area contributed by atoms with Crippen LogP contribution in [0.5, 0.6) is 5.75 Å². The summed E-state index contributed by atoms with van der Waals surface area (Å²) in [5, 5.41) is 12.4. The molecule has 1 aliphatic rings. The lowest BCUT2D eigenvalue weighted by molar-refractivity contribution is 0.0697. The van der Waals surface area contributed by atoms with E-state index in [1.165, 1.54) is 0 Å². The molecule has 0 bridgehead atoms. The molecule has 2 aromatic carbocycles. The lowest BCUT2D eigenvalue weighted by Crippen LogP contribution is -2.24. The molecular formula is C15H12BrNO3. The van der Waals surface area contributed by atoms with Gasteiger partial charge in [0.25, 0.3) is 0 Å². The van der Waals surface area contributed by atoms with E-state index in [4.69, 9.17) is 9.84 Å². The summed E-state index contributed by atoms with van der Waals surface area (Å²) in [7, 11) is 0. The molecular weight excluding hydrogens is 322 g/mol. The highest BCUT2D eigenvalue weighted by molar-refractivity contribution is 9.10. The van der Waals surface area contributed by atoms with Gasteiger partial charge in [0.2, 0.25) is 0 Å². The summed E-state index contributed by atoms with van der Waals surface area (Å²) in [6.45, 7) is 0.510. The van der Waals surface area contributed by atoms with Crippen LogP contribution in [0, 0.1) is 0 Å². The maximum atomic E-state index is 11.0. The van der Waals surface area contributed by atoms with Crippen LogP contribution in [0.1, 0.15) is 22.0 Å². The maximum Gasteiger partial charge on any atom is 0.335 e. The first-order valence-corrected chi connectivity index (χ1v) is 6.95. The van der Waals surface area contributed by atoms with Crippen molar-refractivity contribution in [2.24, 2.45) is 0 Å². The minimum atomic E-state index is -0.945. The lowest BCUT2D eigenvalue weighted by Gasteiger charge is -2.28. The van der Waals surface area contributed by atoms with E-state index in [1.54, 1.807) is 18.2 Å². The van der Waals surface area contributed by atoms with Crippen LogP contribution >= 0.6 is 15.9 Å². The van der Waals surface area contributed by atoms with Crippen LogP contribution in [0.3, 0.4) is 0 Å². The van der Waals surface area contributed by atoms with E-state index in [1.807, 2.05) is 24.3 Å². The Morgan fingerprint density at radius 1 is 1.30 bits per heavy atom. The number of halogens is 1. The molecule has 3 rings (SSSR count). The van der Waals surface area contributed by atoms with E-state index in [9.17, 15) is 4.79 Å². The molecule has 0 aliphatic carbocycles. The minimum Gasteiger partial charge on any atom is -0.489 e. The summed E-state index contributed by atoms with van der Waals surface area (Å²) in [4.78, 5) is 11.0. The molecule has 0 spiro atoms. The molecule has 0 saturated heterocycles. The fourth-order valence-corrected chi connectivity index (χ4v) is 2.62. The number of rotatable bonds is 2. The third-order valence-corrected chi connectivity index (χ3v) is 3.71. The quantitative estimate of drug-likeness (QED) is 0.879. The average Bonchev–Trinajstić information content (AvgIpc) is 2.46. The Balaban J connectivity index is 1.91. The number of hydrogen-bond acceptors (Lipinski definition) is 3. The zero-order valence-corrected chi connectivity index (χ0v) is 12.1. The summed E-state index contributed by atoms with van der Waals surface area (Å²) in [5.41, 5.74) is 2.04. The Hall–Kier alpha value is -2.01. The zero-order valence-electron chi connectivity index (χ0n) is 10.5. The van der Waals surface area contributed by atoms with Crippen molar-refractivity contribution in [3.05, 3.63) is 58.1 Å². The number of ether oxygens (including phenoxy) is 1. The van der Waals surface area contributed by atoms with Crippen LogP contribution in [-0.2, 0) is 0 Å². The first-order valence-electron chi connectivity index (χ1n) is 6.15. The van der Waals surface area contributed by atoms with Crippen molar-refractivity contribution in [2.45, 2.75) is 6.04 Å². The Morgan fingerprint density at radius 2 is 2.15 bits per heavy atom. The van der Waals surface area contributed by atoms with Crippen molar-refractivity contribution < 1.29 is 14.6 Å². The van der Waals surface area contributed by atoms with Crippen LogP contribution in [0.15, 0.2) is 46.9 Å². The third kappa shape index (κ3) is 2.49. The van der Waals surface area contributed by atoms with Crippen molar-refractivity contribution in [2.75, 3.05) is 11.9 Å². The number of carbonyl (C=O) groups is 1. The number of carboxylic acids is 1. The molecule has 0 amide bonds. The second-order valence-electron chi connectivity index (χ2n) is 4.58. The monoisotopic (exact) mass is 333 g/mol. The lowest BCUT2D eigenvalue weighted by atomic mass is 10.1. The van der Waals surface area contributed by atoms with E-state index in [-0.39, 0.29) is 11.6 Å². The Morgan fingerprint density at radius 3 is 2.90 bits per heavy atom. The summed E-state index contributed by atoms with van der Waals surface area (Å²) < 4.78 is 6.70. The molecule has 0 aromatic heterocycles. The van der Waals surface area contributed by atoms with Gasteiger partial charge in [0.05, 0.1) is 17.3 Å². The van der Waals surface area contributed by atoms with E-state index in [2.05, 4.69) is 21.2 Å². The highest BCUT2D eigenvalue weighted by Crippen LogP contribution is 2.34. The molecule has 4 nitrogen and oxygen atoms in total. The molecule has 1 heterocycles. The molecule has 0 fully saturated rings. The van der Waals surface area contributed by atoms with E-state index >= 15 is 0 Å². The summed E-state index contributed by atoms with van der Waals surface area (Å²) in [6.07, 6.45) is 0. The van der Waals surface area contributed by atoms with Gasteiger partial charge in [0.1, 0.15) is 12.4 Å². The van der Waals surface area contributed by atoms with E-state index in [0.717, 1.165) is 10.0 Å². The van der Waals surface area contributed by atoms with E-state index < -0.39 is 5.97 Å². The van der Waals surface area contributed by atoms with Crippen molar-refractivity contribution in [1.29, 1.82) is 0 Å². The summed E-state index contributed by atoms with van der Waals surface area (Å²) >= 11 is 3.44. The van der Waals surface area contributed by atoms with Crippen LogP contribution in [0.25, 0.3) is 0 Å². The number of anilines is 1. The van der Waals surface area contributed by atoms with Crippen molar-refractivity contribution in [1.82, 2.24) is 0 Å². The number of fused-ring (bicyclic) bond motifs is 1. The second kappa shape index (κ2) is 5.17. The van der Waals surface area contributed by atoms with Gasteiger partial charge in [0, 0.05) is 4.47 Å². The normalized spacial score (nSPS) is 16.8. The topological polar surface area (TPSA) is 58.6 Å². The number of benzene rings is 2. The molecule has 2 aromatic rings. The van der Waals surface area contributed by atoms with Gasteiger partial charge in [-0.25, -0.2) is 4.79 Å². The fourth-order valence-electron chi connectivity index (χ4n) is 2.21. The first kappa shape index (κ1) is 13.0. The number of carboxylic acid groups (broad SMARTS) is 1. The molecule has 1 atom stereocenters. The number of nitrogens with one attached hydrogen (secondary N) is 1. The van der Waals surface area contributed by atoms with Gasteiger partial charge < -0.3 is 15.2 Å². The van der Waals surface area contributed by atoms with Crippen molar-refractivity contribution in [3.8, 4) is 5.75 Å². The van der Waals surface area contributed by atoms with Gasteiger partial charge in [0.15, 0.2) is 0 Å². The van der Waals surface area contributed by atoms with Crippen LogP contribution in [-0.4, -0.2) is 17.7 Å². The molecule has 2 N–H and O–H groups in total. The van der Waals surface area contributed by atoms with E-state index in [0.29, 0.717) is 18.0 Å². The smallest absolute Gasteiger partial charge is 0.335 e. The highest BCUT2D eigenvalue weighted by Gasteiger charge is 2.21. The van der Waals surface area contributed by atoms with Gasteiger partial charge >= 0.3 is 5.97 Å². The largest absolute Gasteiger partial charge is 0.489 e. The minimum absolute atomic E-state index is 0.00375. The summed E-state index contributed by atoms with van der Waals surface area (Å²) in [6, 6.07) is 12.8. The predicted molar refractivity (Wildman–Crippen MR) is 79.4 cm³/mol.